The Kier molecular flexibility index (Phi) is 6.63. The van der Waals surface area contributed by atoms with Gasteiger partial charge in [-0.2, -0.15) is 0 Å². The summed E-state index contributed by atoms with van der Waals surface area (Å²) in [6.45, 7) is 8.25. The minimum absolute atomic E-state index is 0.0386. The lowest BCUT2D eigenvalue weighted by atomic mass is 9.87. The van der Waals surface area contributed by atoms with E-state index in [-0.39, 0.29) is 42.8 Å². The van der Waals surface area contributed by atoms with Gasteiger partial charge in [0.1, 0.15) is 18.0 Å². The van der Waals surface area contributed by atoms with Gasteiger partial charge in [0.05, 0.1) is 5.69 Å². The van der Waals surface area contributed by atoms with E-state index in [0.717, 1.165) is 0 Å². The molecule has 31 heavy (non-hydrogen) atoms. The molecular formula is C24H28N2O5. The highest BCUT2D eigenvalue weighted by molar-refractivity contribution is 6.04. The molecule has 0 saturated heterocycles. The Morgan fingerprint density at radius 2 is 1.84 bits per heavy atom. The first-order valence-electron chi connectivity index (χ1n) is 10.3. The minimum atomic E-state index is -0.335. The summed E-state index contributed by atoms with van der Waals surface area (Å²) >= 11 is 0. The van der Waals surface area contributed by atoms with Crippen LogP contribution in [0.3, 0.4) is 0 Å². The number of fused-ring (bicyclic) bond motifs is 1. The largest absolute Gasteiger partial charge is 0.485 e. The van der Waals surface area contributed by atoms with Crippen molar-refractivity contribution in [2.75, 3.05) is 31.2 Å². The third kappa shape index (κ3) is 5.42. The zero-order valence-electron chi connectivity index (χ0n) is 18.4. The number of anilines is 1. The van der Waals surface area contributed by atoms with Gasteiger partial charge in [0.2, 0.25) is 5.91 Å². The first kappa shape index (κ1) is 22.3. The highest BCUT2D eigenvalue weighted by Crippen LogP contribution is 2.33. The standard InChI is InChI=1S/C24H28N2O5/c1-5-25-22(28)13-26-19-12-16(6-11-21(19)31-15-23(26)29)20(27)14-30-18-9-7-17(8-10-18)24(2,3)4/h6-12H,5,13-15H2,1-4H3,(H,25,28). The SMILES string of the molecule is CCNC(=O)CN1C(=O)COc2ccc(C(=O)COc3ccc(C(C)(C)C)cc3)cc21. The van der Waals surface area contributed by atoms with Crippen LogP contribution in [0.5, 0.6) is 11.5 Å². The summed E-state index contributed by atoms with van der Waals surface area (Å²) in [4.78, 5) is 38.3. The molecule has 0 saturated carbocycles. The minimum Gasteiger partial charge on any atom is -0.485 e. The van der Waals surface area contributed by atoms with Gasteiger partial charge in [-0.05, 0) is 48.2 Å². The molecule has 3 rings (SSSR count). The van der Waals surface area contributed by atoms with E-state index >= 15 is 0 Å². The molecule has 0 radical (unpaired) electrons. The number of Topliss-reactive ketones (excluding diaryl/α,β-unsaturated/α-hetero) is 1. The first-order chi connectivity index (χ1) is 14.7. The summed E-state index contributed by atoms with van der Waals surface area (Å²) in [5, 5.41) is 2.67. The fourth-order valence-electron chi connectivity index (χ4n) is 3.23. The summed E-state index contributed by atoms with van der Waals surface area (Å²) in [6, 6.07) is 12.5. The molecule has 2 aromatic rings. The van der Waals surface area contributed by atoms with Crippen molar-refractivity contribution in [1.29, 1.82) is 0 Å². The predicted molar refractivity (Wildman–Crippen MR) is 118 cm³/mol. The number of ketones is 1. The quantitative estimate of drug-likeness (QED) is 0.691. The van der Waals surface area contributed by atoms with Crippen molar-refractivity contribution in [2.24, 2.45) is 0 Å². The normalized spacial score (nSPS) is 13.3. The number of rotatable bonds is 7. The molecule has 2 aromatic carbocycles. The average molecular weight is 424 g/mol. The molecule has 2 amide bonds. The van der Waals surface area contributed by atoms with Crippen LogP contribution >= 0.6 is 0 Å². The number of ether oxygens (including phenoxy) is 2. The summed E-state index contributed by atoms with van der Waals surface area (Å²) in [5.41, 5.74) is 2.00. The van der Waals surface area contributed by atoms with Crippen molar-refractivity contribution in [3.05, 3.63) is 53.6 Å². The molecule has 0 bridgehead atoms. The molecule has 1 N–H and O–H groups in total. The Labute approximate surface area is 182 Å². The molecule has 0 aromatic heterocycles. The number of benzene rings is 2. The van der Waals surface area contributed by atoms with Gasteiger partial charge < -0.3 is 14.8 Å². The van der Waals surface area contributed by atoms with Crippen molar-refractivity contribution < 1.29 is 23.9 Å². The molecule has 7 nitrogen and oxygen atoms in total. The Bertz CT molecular complexity index is 976. The fraction of sp³-hybridized carbons (Fsp3) is 0.375. The van der Waals surface area contributed by atoms with Gasteiger partial charge in [-0.25, -0.2) is 0 Å². The van der Waals surface area contributed by atoms with Crippen LogP contribution in [0.15, 0.2) is 42.5 Å². The molecule has 0 unspecified atom stereocenters. The van der Waals surface area contributed by atoms with E-state index in [1.54, 1.807) is 25.1 Å². The number of hydrogen-bond donors (Lipinski definition) is 1. The highest BCUT2D eigenvalue weighted by atomic mass is 16.5. The van der Waals surface area contributed by atoms with Gasteiger partial charge >= 0.3 is 0 Å². The number of carbonyl (C=O) groups excluding carboxylic acids is 3. The maximum absolute atomic E-state index is 12.7. The van der Waals surface area contributed by atoms with E-state index in [1.165, 1.54) is 10.5 Å². The van der Waals surface area contributed by atoms with E-state index in [1.807, 2.05) is 24.3 Å². The van der Waals surface area contributed by atoms with Gasteiger partial charge in [0.15, 0.2) is 19.0 Å². The van der Waals surface area contributed by atoms with Gasteiger partial charge in [-0.15, -0.1) is 0 Å². The second-order valence-corrected chi connectivity index (χ2v) is 8.39. The highest BCUT2D eigenvalue weighted by Gasteiger charge is 2.28. The van der Waals surface area contributed by atoms with Crippen molar-refractivity contribution >= 4 is 23.3 Å². The number of nitrogens with zero attached hydrogens (tertiary/aromatic N) is 1. The van der Waals surface area contributed by atoms with Crippen LogP contribution < -0.4 is 19.7 Å². The van der Waals surface area contributed by atoms with Crippen molar-refractivity contribution in [3.63, 3.8) is 0 Å². The molecule has 0 fully saturated rings. The van der Waals surface area contributed by atoms with Crippen LogP contribution in [0.1, 0.15) is 43.6 Å². The number of likely N-dealkylation sites (N-methyl/N-ethyl adjacent to an activating group) is 1. The maximum atomic E-state index is 12.7. The molecular weight excluding hydrogens is 396 g/mol. The van der Waals surface area contributed by atoms with E-state index in [2.05, 4.69) is 26.1 Å². The molecule has 1 aliphatic rings. The smallest absolute Gasteiger partial charge is 0.265 e. The van der Waals surface area contributed by atoms with Gasteiger partial charge in [-0.1, -0.05) is 32.9 Å². The molecule has 1 heterocycles. The number of amides is 2. The molecule has 0 spiro atoms. The molecule has 0 aliphatic carbocycles. The first-order valence-corrected chi connectivity index (χ1v) is 10.3. The van der Waals surface area contributed by atoms with Gasteiger partial charge in [0, 0.05) is 12.1 Å². The van der Waals surface area contributed by atoms with Crippen LogP contribution in [-0.4, -0.2) is 43.9 Å². The predicted octanol–water partition coefficient (Wildman–Crippen LogP) is 3.11. The topological polar surface area (TPSA) is 84.9 Å². The lowest BCUT2D eigenvalue weighted by Crippen LogP contribution is -2.45. The lowest BCUT2D eigenvalue weighted by Gasteiger charge is -2.29. The Balaban J connectivity index is 1.72. The maximum Gasteiger partial charge on any atom is 0.265 e. The zero-order chi connectivity index (χ0) is 22.6. The Morgan fingerprint density at radius 1 is 1.13 bits per heavy atom. The lowest BCUT2D eigenvalue weighted by molar-refractivity contribution is -0.125. The third-order valence-corrected chi connectivity index (χ3v) is 4.99. The summed E-state index contributed by atoms with van der Waals surface area (Å²) in [5.74, 6) is 0.217. The van der Waals surface area contributed by atoms with Crippen LogP contribution in [-0.2, 0) is 15.0 Å². The van der Waals surface area contributed by atoms with E-state index in [0.29, 0.717) is 29.3 Å². The monoisotopic (exact) mass is 424 g/mol. The van der Waals surface area contributed by atoms with Crippen LogP contribution in [0.2, 0.25) is 0 Å². The van der Waals surface area contributed by atoms with Crippen LogP contribution in [0, 0.1) is 0 Å². The van der Waals surface area contributed by atoms with E-state index < -0.39 is 0 Å². The molecule has 0 atom stereocenters. The second-order valence-electron chi connectivity index (χ2n) is 8.39. The Hall–Kier alpha value is -3.35. The fourth-order valence-corrected chi connectivity index (χ4v) is 3.23. The van der Waals surface area contributed by atoms with Gasteiger partial charge in [0.25, 0.3) is 5.91 Å². The van der Waals surface area contributed by atoms with Crippen LogP contribution in [0.25, 0.3) is 0 Å². The summed E-state index contributed by atoms with van der Waals surface area (Å²) in [7, 11) is 0. The summed E-state index contributed by atoms with van der Waals surface area (Å²) in [6.07, 6.45) is 0. The second kappa shape index (κ2) is 9.20. The number of carbonyl (C=O) groups is 3. The van der Waals surface area contributed by atoms with Gasteiger partial charge in [-0.3, -0.25) is 19.3 Å². The number of hydrogen-bond acceptors (Lipinski definition) is 5. The zero-order valence-corrected chi connectivity index (χ0v) is 18.4. The van der Waals surface area contributed by atoms with E-state index in [4.69, 9.17) is 9.47 Å². The molecule has 7 heteroatoms. The average Bonchev–Trinajstić information content (AvgIpc) is 2.73. The van der Waals surface area contributed by atoms with Crippen LogP contribution in [0.4, 0.5) is 5.69 Å². The summed E-state index contributed by atoms with van der Waals surface area (Å²) < 4.78 is 11.1. The number of nitrogens with one attached hydrogen (secondary N) is 1. The van der Waals surface area contributed by atoms with Crippen molar-refractivity contribution in [2.45, 2.75) is 33.1 Å². The van der Waals surface area contributed by atoms with E-state index in [9.17, 15) is 14.4 Å². The molecule has 1 aliphatic heterocycles. The van der Waals surface area contributed by atoms with Crippen molar-refractivity contribution in [3.8, 4) is 11.5 Å². The van der Waals surface area contributed by atoms with Crippen molar-refractivity contribution in [1.82, 2.24) is 5.32 Å². The molecule has 164 valence electrons. The third-order valence-electron chi connectivity index (χ3n) is 4.99. The Morgan fingerprint density at radius 3 is 2.48 bits per heavy atom.